The summed E-state index contributed by atoms with van der Waals surface area (Å²) >= 11 is 0. The van der Waals surface area contributed by atoms with E-state index in [2.05, 4.69) is 31.2 Å². The molecule has 2 aromatic rings. The van der Waals surface area contributed by atoms with Crippen LogP contribution in [0.3, 0.4) is 0 Å². The van der Waals surface area contributed by atoms with Crippen LogP contribution in [0.15, 0.2) is 54.6 Å². The number of ketones is 1. The Morgan fingerprint density at radius 1 is 0.824 bits per heavy atom. The third-order valence-corrected chi connectivity index (χ3v) is 3.12. The molecule has 0 heterocycles. The topological polar surface area (TPSA) is 17.1 Å². The summed E-state index contributed by atoms with van der Waals surface area (Å²) in [5, 5.41) is 0. The Bertz CT molecular complexity index is 618. The standard InChI is InChI=1S/C16H12O/c1-11-6-8-12(9-7-11)15-10-16(17)14-5-3-2-4-13(14)15/h2-10H,1H3. The molecule has 0 aliphatic heterocycles. The third-order valence-electron chi connectivity index (χ3n) is 3.12. The molecule has 0 N–H and O–H groups in total. The van der Waals surface area contributed by atoms with E-state index in [1.165, 1.54) is 5.56 Å². The number of carbonyl (C=O) groups is 1. The quantitative estimate of drug-likeness (QED) is 0.717. The van der Waals surface area contributed by atoms with E-state index < -0.39 is 0 Å². The number of fused-ring (bicyclic) bond motifs is 1. The van der Waals surface area contributed by atoms with Crippen LogP contribution < -0.4 is 0 Å². The summed E-state index contributed by atoms with van der Waals surface area (Å²) in [6.45, 7) is 2.06. The highest BCUT2D eigenvalue weighted by atomic mass is 16.1. The SMILES string of the molecule is Cc1ccc(C2=CC(=O)c3ccccc32)cc1. The van der Waals surface area contributed by atoms with Crippen LogP contribution in [0, 0.1) is 6.92 Å². The number of hydrogen-bond acceptors (Lipinski definition) is 1. The molecule has 0 saturated heterocycles. The van der Waals surface area contributed by atoms with E-state index in [9.17, 15) is 4.79 Å². The van der Waals surface area contributed by atoms with Gasteiger partial charge in [-0.2, -0.15) is 0 Å². The van der Waals surface area contributed by atoms with Crippen LogP contribution in [0.1, 0.15) is 27.0 Å². The fourth-order valence-electron chi connectivity index (χ4n) is 2.19. The molecule has 0 amide bonds. The van der Waals surface area contributed by atoms with Crippen LogP contribution in [0.25, 0.3) is 5.57 Å². The highest BCUT2D eigenvalue weighted by Gasteiger charge is 2.20. The van der Waals surface area contributed by atoms with Crippen LogP contribution in [-0.4, -0.2) is 5.78 Å². The van der Waals surface area contributed by atoms with Crippen molar-refractivity contribution < 1.29 is 4.79 Å². The molecule has 2 aromatic carbocycles. The van der Waals surface area contributed by atoms with E-state index in [1.54, 1.807) is 6.08 Å². The molecule has 82 valence electrons. The summed E-state index contributed by atoms with van der Waals surface area (Å²) in [5.41, 5.74) is 5.22. The summed E-state index contributed by atoms with van der Waals surface area (Å²) < 4.78 is 0. The molecule has 1 nitrogen and oxygen atoms in total. The van der Waals surface area contributed by atoms with Gasteiger partial charge >= 0.3 is 0 Å². The first-order valence-corrected chi connectivity index (χ1v) is 5.68. The van der Waals surface area contributed by atoms with Gasteiger partial charge in [-0.25, -0.2) is 0 Å². The maximum atomic E-state index is 11.8. The molecule has 0 fully saturated rings. The Hall–Kier alpha value is -2.15. The molecule has 0 atom stereocenters. The number of rotatable bonds is 1. The zero-order chi connectivity index (χ0) is 11.8. The summed E-state index contributed by atoms with van der Waals surface area (Å²) in [4.78, 5) is 11.8. The maximum absolute atomic E-state index is 11.8. The molecule has 0 spiro atoms. The number of aryl methyl sites for hydroxylation is 1. The first-order chi connectivity index (χ1) is 8.25. The van der Waals surface area contributed by atoms with Crippen molar-refractivity contribution in [3.63, 3.8) is 0 Å². The lowest BCUT2D eigenvalue weighted by Crippen LogP contribution is -1.90. The fraction of sp³-hybridized carbons (Fsp3) is 0.0625. The van der Waals surface area contributed by atoms with Gasteiger partial charge in [0.15, 0.2) is 5.78 Å². The Kier molecular flexibility index (Phi) is 2.19. The van der Waals surface area contributed by atoms with E-state index in [4.69, 9.17) is 0 Å². The van der Waals surface area contributed by atoms with Crippen molar-refractivity contribution in [2.75, 3.05) is 0 Å². The van der Waals surface area contributed by atoms with E-state index >= 15 is 0 Å². The normalized spacial score (nSPS) is 13.5. The summed E-state index contributed by atoms with van der Waals surface area (Å²) in [6.07, 6.45) is 1.73. The first kappa shape index (κ1) is 10.0. The average molecular weight is 220 g/mol. The van der Waals surface area contributed by atoms with Crippen LogP contribution in [0.2, 0.25) is 0 Å². The zero-order valence-corrected chi connectivity index (χ0v) is 9.60. The second kappa shape index (κ2) is 3.70. The van der Waals surface area contributed by atoms with Crippen LogP contribution >= 0.6 is 0 Å². The lowest BCUT2D eigenvalue weighted by atomic mass is 9.98. The predicted octanol–water partition coefficient (Wildman–Crippen LogP) is 3.62. The van der Waals surface area contributed by atoms with Gasteiger partial charge in [-0.05, 0) is 29.7 Å². The lowest BCUT2D eigenvalue weighted by Gasteiger charge is -2.05. The summed E-state index contributed by atoms with van der Waals surface area (Å²) in [6, 6.07) is 16.0. The second-order valence-electron chi connectivity index (χ2n) is 4.33. The van der Waals surface area contributed by atoms with Gasteiger partial charge in [-0.15, -0.1) is 0 Å². The number of benzene rings is 2. The van der Waals surface area contributed by atoms with Gasteiger partial charge in [0.05, 0.1) is 0 Å². The van der Waals surface area contributed by atoms with Crippen molar-refractivity contribution in [1.29, 1.82) is 0 Å². The molecule has 0 unspecified atom stereocenters. The molecule has 17 heavy (non-hydrogen) atoms. The van der Waals surface area contributed by atoms with Crippen molar-refractivity contribution in [1.82, 2.24) is 0 Å². The molecule has 1 aliphatic carbocycles. The van der Waals surface area contributed by atoms with Gasteiger partial charge in [0, 0.05) is 5.56 Å². The van der Waals surface area contributed by atoms with Crippen LogP contribution in [0.4, 0.5) is 0 Å². The maximum Gasteiger partial charge on any atom is 0.187 e. The smallest absolute Gasteiger partial charge is 0.187 e. The van der Waals surface area contributed by atoms with Gasteiger partial charge < -0.3 is 0 Å². The number of carbonyl (C=O) groups excluding carboxylic acids is 1. The Morgan fingerprint density at radius 3 is 2.18 bits per heavy atom. The van der Waals surface area contributed by atoms with Crippen LogP contribution in [-0.2, 0) is 0 Å². The highest BCUT2D eigenvalue weighted by Crippen LogP contribution is 2.32. The van der Waals surface area contributed by atoms with E-state index in [-0.39, 0.29) is 5.78 Å². The van der Waals surface area contributed by atoms with E-state index in [1.807, 2.05) is 24.3 Å². The van der Waals surface area contributed by atoms with E-state index in [0.29, 0.717) is 0 Å². The molecule has 1 heteroatoms. The summed E-state index contributed by atoms with van der Waals surface area (Å²) in [7, 11) is 0. The van der Waals surface area contributed by atoms with E-state index in [0.717, 1.165) is 22.3 Å². The Labute approximate surface area is 100 Å². The second-order valence-corrected chi connectivity index (χ2v) is 4.33. The molecular formula is C16H12O. The largest absolute Gasteiger partial charge is 0.289 e. The lowest BCUT2D eigenvalue weighted by molar-refractivity contribution is 0.105. The predicted molar refractivity (Wildman–Crippen MR) is 69.0 cm³/mol. The number of allylic oxidation sites excluding steroid dienone is 1. The molecule has 0 saturated carbocycles. The van der Waals surface area contributed by atoms with Gasteiger partial charge in [0.2, 0.25) is 0 Å². The minimum absolute atomic E-state index is 0.108. The van der Waals surface area contributed by atoms with Gasteiger partial charge in [-0.3, -0.25) is 4.79 Å². The average Bonchev–Trinajstić information content (AvgIpc) is 2.69. The van der Waals surface area contributed by atoms with Crippen molar-refractivity contribution >= 4 is 11.4 Å². The van der Waals surface area contributed by atoms with Gasteiger partial charge in [0.1, 0.15) is 0 Å². The van der Waals surface area contributed by atoms with Crippen molar-refractivity contribution in [2.24, 2.45) is 0 Å². The van der Waals surface area contributed by atoms with Crippen molar-refractivity contribution in [2.45, 2.75) is 6.92 Å². The first-order valence-electron chi connectivity index (χ1n) is 5.68. The minimum atomic E-state index is 0.108. The zero-order valence-electron chi connectivity index (χ0n) is 9.60. The fourth-order valence-corrected chi connectivity index (χ4v) is 2.19. The number of hydrogen-bond donors (Lipinski definition) is 0. The monoisotopic (exact) mass is 220 g/mol. The Balaban J connectivity index is 2.15. The molecule has 3 rings (SSSR count). The highest BCUT2D eigenvalue weighted by molar-refractivity contribution is 6.18. The third kappa shape index (κ3) is 1.60. The molecule has 0 bridgehead atoms. The van der Waals surface area contributed by atoms with Gasteiger partial charge in [-0.1, -0.05) is 54.1 Å². The van der Waals surface area contributed by atoms with Crippen molar-refractivity contribution in [3.8, 4) is 0 Å². The molecule has 0 radical (unpaired) electrons. The van der Waals surface area contributed by atoms with Gasteiger partial charge in [0.25, 0.3) is 0 Å². The summed E-state index contributed by atoms with van der Waals surface area (Å²) in [5.74, 6) is 0.108. The van der Waals surface area contributed by atoms with Crippen molar-refractivity contribution in [3.05, 3.63) is 76.9 Å². The molecule has 1 aliphatic rings. The van der Waals surface area contributed by atoms with Crippen LogP contribution in [0.5, 0.6) is 0 Å². The minimum Gasteiger partial charge on any atom is -0.289 e. The molecular weight excluding hydrogens is 208 g/mol. The molecule has 0 aromatic heterocycles. The Morgan fingerprint density at radius 2 is 1.47 bits per heavy atom.